The fraction of sp³-hybridized carbons (Fsp3) is 0.765. The number of likely N-dealkylation sites (tertiary alicyclic amines) is 1. The third-order valence-electron chi connectivity index (χ3n) is 5.32. The highest BCUT2D eigenvalue weighted by Gasteiger charge is 2.47. The maximum Gasteiger partial charge on any atom is 0.222 e. The second-order valence-electron chi connectivity index (χ2n) is 6.63. The van der Waals surface area contributed by atoms with Crippen LogP contribution < -0.4 is 0 Å². The van der Waals surface area contributed by atoms with Crippen LogP contribution in [0.3, 0.4) is 0 Å². The van der Waals surface area contributed by atoms with Gasteiger partial charge in [-0.05, 0) is 39.5 Å². The summed E-state index contributed by atoms with van der Waals surface area (Å²) in [4.78, 5) is 14.5. The molecular formula is C17H26N2O4. The molecule has 0 bridgehead atoms. The number of aryl methyl sites for hydroxylation is 2. The Kier molecular flexibility index (Phi) is 4.73. The molecule has 2 aliphatic rings. The molecule has 128 valence electrons. The molecule has 1 spiro atoms. The van der Waals surface area contributed by atoms with Gasteiger partial charge in [0.25, 0.3) is 0 Å². The molecule has 2 saturated heterocycles. The molecular weight excluding hydrogens is 296 g/mol. The molecule has 0 aliphatic carbocycles. The molecule has 2 fully saturated rings. The molecule has 3 rings (SSSR count). The first-order valence-corrected chi connectivity index (χ1v) is 8.42. The Bertz CT molecular complexity index is 543. The SMILES string of the molecule is CO[C@H]1CN(C(=O)CCc2c(C)noc2C)CC[C@@]12CCCO2. The van der Waals surface area contributed by atoms with Crippen molar-refractivity contribution in [1.29, 1.82) is 0 Å². The molecule has 2 aliphatic heterocycles. The maximum absolute atomic E-state index is 12.6. The van der Waals surface area contributed by atoms with E-state index in [0.717, 1.165) is 49.4 Å². The lowest BCUT2D eigenvalue weighted by molar-refractivity contribution is -0.158. The van der Waals surface area contributed by atoms with Crippen molar-refractivity contribution >= 4 is 5.91 Å². The van der Waals surface area contributed by atoms with Gasteiger partial charge < -0.3 is 18.9 Å². The lowest BCUT2D eigenvalue weighted by Gasteiger charge is -2.44. The molecule has 3 heterocycles. The first-order chi connectivity index (χ1) is 11.1. The molecule has 0 radical (unpaired) electrons. The van der Waals surface area contributed by atoms with Crippen LogP contribution in [-0.2, 0) is 20.7 Å². The van der Waals surface area contributed by atoms with Gasteiger partial charge in [-0.2, -0.15) is 0 Å². The first-order valence-electron chi connectivity index (χ1n) is 8.42. The van der Waals surface area contributed by atoms with Gasteiger partial charge in [0.2, 0.25) is 5.91 Å². The highest BCUT2D eigenvalue weighted by molar-refractivity contribution is 5.76. The molecule has 0 unspecified atom stereocenters. The predicted octanol–water partition coefficient (Wildman–Crippen LogP) is 2.02. The number of hydrogen-bond acceptors (Lipinski definition) is 5. The van der Waals surface area contributed by atoms with Crippen molar-refractivity contribution < 1.29 is 18.8 Å². The quantitative estimate of drug-likeness (QED) is 0.848. The Morgan fingerprint density at radius 2 is 2.26 bits per heavy atom. The van der Waals surface area contributed by atoms with E-state index >= 15 is 0 Å². The molecule has 1 aromatic rings. The molecule has 2 atom stereocenters. The van der Waals surface area contributed by atoms with E-state index < -0.39 is 0 Å². The average molecular weight is 322 g/mol. The third kappa shape index (κ3) is 3.15. The number of aromatic nitrogens is 1. The van der Waals surface area contributed by atoms with Gasteiger partial charge in [-0.25, -0.2) is 0 Å². The highest BCUT2D eigenvalue weighted by Crippen LogP contribution is 2.37. The minimum absolute atomic E-state index is 0.0261. The van der Waals surface area contributed by atoms with E-state index in [9.17, 15) is 4.79 Å². The van der Waals surface area contributed by atoms with Crippen LogP contribution in [0.1, 0.15) is 42.7 Å². The van der Waals surface area contributed by atoms with Crippen molar-refractivity contribution in [2.75, 3.05) is 26.8 Å². The molecule has 0 aromatic carbocycles. The van der Waals surface area contributed by atoms with E-state index in [1.54, 1.807) is 7.11 Å². The number of carbonyl (C=O) groups excluding carboxylic acids is 1. The van der Waals surface area contributed by atoms with Crippen molar-refractivity contribution in [2.24, 2.45) is 0 Å². The molecule has 0 N–H and O–H groups in total. The molecule has 6 nitrogen and oxygen atoms in total. The van der Waals surface area contributed by atoms with E-state index in [0.29, 0.717) is 19.4 Å². The van der Waals surface area contributed by atoms with Crippen LogP contribution in [0.25, 0.3) is 0 Å². The summed E-state index contributed by atoms with van der Waals surface area (Å²) in [5.41, 5.74) is 1.75. The van der Waals surface area contributed by atoms with Gasteiger partial charge in [-0.15, -0.1) is 0 Å². The molecule has 0 saturated carbocycles. The third-order valence-corrected chi connectivity index (χ3v) is 5.32. The van der Waals surface area contributed by atoms with Crippen LogP contribution in [0.2, 0.25) is 0 Å². The molecule has 1 amide bonds. The van der Waals surface area contributed by atoms with Gasteiger partial charge in [0.15, 0.2) is 0 Å². The second kappa shape index (κ2) is 6.61. The Morgan fingerprint density at radius 3 is 2.87 bits per heavy atom. The average Bonchev–Trinajstić information content (AvgIpc) is 3.14. The zero-order chi connectivity index (χ0) is 16.4. The fourth-order valence-electron chi connectivity index (χ4n) is 3.88. The summed E-state index contributed by atoms with van der Waals surface area (Å²) in [6.45, 7) is 5.99. The summed E-state index contributed by atoms with van der Waals surface area (Å²) >= 11 is 0. The summed E-state index contributed by atoms with van der Waals surface area (Å²) in [7, 11) is 1.71. The number of amides is 1. The predicted molar refractivity (Wildman–Crippen MR) is 84.2 cm³/mol. The van der Waals surface area contributed by atoms with E-state index in [4.69, 9.17) is 14.0 Å². The summed E-state index contributed by atoms with van der Waals surface area (Å²) < 4.78 is 16.8. The van der Waals surface area contributed by atoms with Crippen LogP contribution in [0, 0.1) is 13.8 Å². The standard InChI is InChI=1S/C17H26N2O4/c1-12-14(13(2)23-18-12)5-6-16(20)19-9-8-17(7-4-10-22-17)15(11-19)21-3/h15H,4-11H2,1-3H3/t15-,17-/m0/s1. The van der Waals surface area contributed by atoms with Crippen LogP contribution in [0.15, 0.2) is 4.52 Å². The van der Waals surface area contributed by atoms with Crippen molar-refractivity contribution in [1.82, 2.24) is 10.1 Å². The monoisotopic (exact) mass is 322 g/mol. The van der Waals surface area contributed by atoms with Gasteiger partial charge in [0.05, 0.1) is 11.3 Å². The fourth-order valence-corrected chi connectivity index (χ4v) is 3.88. The lowest BCUT2D eigenvalue weighted by Crippen LogP contribution is -2.57. The van der Waals surface area contributed by atoms with Gasteiger partial charge in [-0.3, -0.25) is 4.79 Å². The second-order valence-corrected chi connectivity index (χ2v) is 6.63. The summed E-state index contributed by atoms with van der Waals surface area (Å²) in [6, 6.07) is 0. The van der Waals surface area contributed by atoms with Crippen molar-refractivity contribution in [2.45, 2.75) is 57.7 Å². The van der Waals surface area contributed by atoms with E-state index in [-0.39, 0.29) is 17.6 Å². The van der Waals surface area contributed by atoms with Gasteiger partial charge in [0.1, 0.15) is 11.9 Å². The number of rotatable bonds is 4. The van der Waals surface area contributed by atoms with Crippen molar-refractivity contribution in [3.63, 3.8) is 0 Å². The topological polar surface area (TPSA) is 64.8 Å². The number of carbonyl (C=O) groups is 1. The van der Waals surface area contributed by atoms with Gasteiger partial charge in [-0.1, -0.05) is 5.16 Å². The lowest BCUT2D eigenvalue weighted by atomic mass is 9.85. The van der Waals surface area contributed by atoms with Crippen LogP contribution in [0.4, 0.5) is 0 Å². The van der Waals surface area contributed by atoms with Crippen LogP contribution >= 0.6 is 0 Å². The van der Waals surface area contributed by atoms with Crippen LogP contribution in [0.5, 0.6) is 0 Å². The van der Waals surface area contributed by atoms with Crippen LogP contribution in [-0.4, -0.2) is 54.5 Å². The van der Waals surface area contributed by atoms with E-state index in [2.05, 4.69) is 5.16 Å². The molecule has 6 heteroatoms. The first kappa shape index (κ1) is 16.5. The van der Waals surface area contributed by atoms with Crippen molar-refractivity contribution in [3.05, 3.63) is 17.0 Å². The summed E-state index contributed by atoms with van der Waals surface area (Å²) in [6.07, 6.45) is 4.11. The maximum atomic E-state index is 12.6. The normalized spacial score (nSPS) is 27.8. The zero-order valence-electron chi connectivity index (χ0n) is 14.3. The van der Waals surface area contributed by atoms with Crippen molar-refractivity contribution in [3.8, 4) is 0 Å². The highest BCUT2D eigenvalue weighted by atomic mass is 16.5. The Hall–Kier alpha value is -1.40. The smallest absolute Gasteiger partial charge is 0.222 e. The minimum atomic E-state index is -0.173. The zero-order valence-corrected chi connectivity index (χ0v) is 14.3. The number of ether oxygens (including phenoxy) is 2. The summed E-state index contributed by atoms with van der Waals surface area (Å²) in [5, 5.41) is 3.94. The largest absolute Gasteiger partial charge is 0.377 e. The van der Waals surface area contributed by atoms with Gasteiger partial charge >= 0.3 is 0 Å². The Labute approximate surface area is 137 Å². The van der Waals surface area contributed by atoms with E-state index in [1.807, 2.05) is 18.7 Å². The number of hydrogen-bond donors (Lipinski definition) is 0. The number of piperidine rings is 1. The summed E-state index contributed by atoms with van der Waals surface area (Å²) in [5.74, 6) is 0.974. The number of methoxy groups -OCH3 is 1. The van der Waals surface area contributed by atoms with Gasteiger partial charge in [0, 0.05) is 38.8 Å². The Balaban J connectivity index is 1.58. The van der Waals surface area contributed by atoms with E-state index in [1.165, 1.54) is 0 Å². The molecule has 23 heavy (non-hydrogen) atoms. The molecule has 1 aromatic heterocycles. The Morgan fingerprint density at radius 1 is 1.43 bits per heavy atom. The minimum Gasteiger partial charge on any atom is -0.377 e. The number of nitrogens with zero attached hydrogens (tertiary/aromatic N) is 2.